The molecular weight excluding hydrogens is 660 g/mol. The number of aliphatic hydroxyl groups is 1. The molecule has 1 aliphatic heterocycles. The molecule has 1 atom stereocenters. The van der Waals surface area contributed by atoms with E-state index in [1.54, 1.807) is 27.2 Å². The van der Waals surface area contributed by atoms with Gasteiger partial charge in [-0.2, -0.15) is 0 Å². The van der Waals surface area contributed by atoms with E-state index in [1.165, 1.54) is 0 Å². The predicted molar refractivity (Wildman–Crippen MR) is 190 cm³/mol. The van der Waals surface area contributed by atoms with Crippen molar-refractivity contribution in [2.45, 2.75) is 78.1 Å². The summed E-state index contributed by atoms with van der Waals surface area (Å²) in [5, 5.41) is 11.8. The Kier molecular flexibility index (Phi) is 20.3. The number of aryl methyl sites for hydroxylation is 1. The van der Waals surface area contributed by atoms with Gasteiger partial charge in [0.2, 0.25) is 0 Å². The minimum atomic E-state index is -1.12. The van der Waals surface area contributed by atoms with Gasteiger partial charge < -0.3 is 34.2 Å². The number of rotatable bonds is 18. The largest absolute Gasteiger partial charge is 0.533 e. The summed E-state index contributed by atoms with van der Waals surface area (Å²) >= 11 is 0. The first-order valence-corrected chi connectivity index (χ1v) is 17.5. The molecule has 2 aromatic rings. The molecule has 2 aliphatic rings. The molecule has 13 nitrogen and oxygen atoms in total. The maximum absolute atomic E-state index is 12.5. The van der Waals surface area contributed by atoms with Crippen LogP contribution >= 0.6 is 0 Å². The van der Waals surface area contributed by atoms with Gasteiger partial charge in [-0.15, -0.1) is 0 Å². The lowest BCUT2D eigenvalue weighted by molar-refractivity contribution is -0.177. The van der Waals surface area contributed by atoms with E-state index in [4.69, 9.17) is 28.9 Å². The minimum Gasteiger partial charge on any atom is -0.432 e. The third kappa shape index (κ3) is 14.9. The monoisotopic (exact) mass is 714 g/mol. The number of carbonyl (C=O) groups is 5. The molecule has 1 fully saturated rings. The first-order chi connectivity index (χ1) is 24.6. The highest BCUT2D eigenvalue weighted by atomic mass is 16.8. The molecule has 0 bridgehead atoms. The third-order valence-corrected chi connectivity index (χ3v) is 7.85. The van der Waals surface area contributed by atoms with Gasteiger partial charge in [0.05, 0.1) is 0 Å². The number of hydrogen-bond acceptors (Lipinski definition) is 11. The van der Waals surface area contributed by atoms with Crippen LogP contribution in [0.4, 0.5) is 4.79 Å². The van der Waals surface area contributed by atoms with Crippen molar-refractivity contribution in [1.82, 2.24) is 10.4 Å². The van der Waals surface area contributed by atoms with Gasteiger partial charge in [-0.05, 0) is 80.3 Å². The fourth-order valence-electron chi connectivity index (χ4n) is 5.24. The molecular formula is C38H54N2O11. The zero-order valence-electron chi connectivity index (χ0n) is 30.6. The van der Waals surface area contributed by atoms with Crippen LogP contribution in [0.15, 0.2) is 36.4 Å². The van der Waals surface area contributed by atoms with Crippen LogP contribution in [0, 0.1) is 6.92 Å². The van der Waals surface area contributed by atoms with Crippen molar-refractivity contribution in [3.05, 3.63) is 58.7 Å². The van der Waals surface area contributed by atoms with Gasteiger partial charge in [-0.25, -0.2) is 4.79 Å². The Labute approximate surface area is 300 Å². The number of Topliss-reactive ketones (excluding diaryl/α,β-unsaturated/α-hetero) is 1. The first kappa shape index (κ1) is 43.0. The number of fused-ring (bicyclic) bond motifs is 3. The van der Waals surface area contributed by atoms with Crippen molar-refractivity contribution in [3.8, 4) is 11.1 Å². The van der Waals surface area contributed by atoms with Gasteiger partial charge >= 0.3 is 6.16 Å². The Hall–Kier alpha value is -4.17. The summed E-state index contributed by atoms with van der Waals surface area (Å²) in [5.41, 5.74) is 5.42. The second kappa shape index (κ2) is 24.1. The van der Waals surface area contributed by atoms with E-state index < -0.39 is 18.0 Å². The van der Waals surface area contributed by atoms with Crippen molar-refractivity contribution < 1.29 is 52.9 Å². The summed E-state index contributed by atoms with van der Waals surface area (Å²) < 4.78 is 20.0. The number of aliphatic hydroxyl groups excluding tert-OH is 1. The number of ether oxygens (including phenoxy) is 4. The maximum atomic E-state index is 12.5. The number of amides is 3. The fraction of sp³-hybridized carbons (Fsp3) is 0.553. The van der Waals surface area contributed by atoms with Gasteiger partial charge in [-0.3, -0.25) is 19.2 Å². The average Bonchev–Trinajstić information content (AvgIpc) is 3.60. The van der Waals surface area contributed by atoms with E-state index in [1.807, 2.05) is 44.2 Å². The number of unbranched alkanes of at least 4 members (excludes halogenated alkanes) is 1. The van der Waals surface area contributed by atoms with Crippen LogP contribution in [0.25, 0.3) is 11.1 Å². The van der Waals surface area contributed by atoms with Gasteiger partial charge in [0.25, 0.3) is 17.7 Å². The van der Waals surface area contributed by atoms with Crippen molar-refractivity contribution in [1.29, 1.82) is 0 Å². The van der Waals surface area contributed by atoms with Crippen LogP contribution in [0.5, 0.6) is 0 Å². The van der Waals surface area contributed by atoms with Crippen molar-refractivity contribution in [3.63, 3.8) is 0 Å². The summed E-state index contributed by atoms with van der Waals surface area (Å²) in [5.74, 6) is -1.39. The van der Waals surface area contributed by atoms with E-state index in [9.17, 15) is 24.0 Å². The molecule has 1 aliphatic carbocycles. The minimum absolute atomic E-state index is 0.0115. The molecule has 1 saturated heterocycles. The SMILES string of the molecule is CC(=O)CCCOCCCCO.CCCNC(=O)c1ccc2c(c1)C(COC(=O)ON1C(=O)CCC1=O)c1cc(C)ccc1-2.COCCCOC. The van der Waals surface area contributed by atoms with Crippen LogP contribution in [0.3, 0.4) is 0 Å². The molecule has 0 saturated carbocycles. The normalized spacial score (nSPS) is 14.1. The molecule has 282 valence electrons. The van der Waals surface area contributed by atoms with Gasteiger partial charge in [0.1, 0.15) is 12.4 Å². The van der Waals surface area contributed by atoms with Crippen LogP contribution in [-0.4, -0.2) is 100 Å². The van der Waals surface area contributed by atoms with Crippen molar-refractivity contribution in [2.75, 3.05) is 60.4 Å². The van der Waals surface area contributed by atoms with Gasteiger partial charge in [0.15, 0.2) is 0 Å². The second-order valence-electron chi connectivity index (χ2n) is 12.1. The van der Waals surface area contributed by atoms with E-state index in [-0.39, 0.29) is 43.7 Å². The Balaban J connectivity index is 0.000000392. The van der Waals surface area contributed by atoms with E-state index in [0.717, 1.165) is 73.1 Å². The highest BCUT2D eigenvalue weighted by molar-refractivity contribution is 6.01. The lowest BCUT2D eigenvalue weighted by Gasteiger charge is -2.17. The van der Waals surface area contributed by atoms with Crippen molar-refractivity contribution in [2.24, 2.45) is 0 Å². The Morgan fingerprint density at radius 3 is 2.10 bits per heavy atom. The summed E-state index contributed by atoms with van der Waals surface area (Å²) in [7, 11) is 3.38. The summed E-state index contributed by atoms with van der Waals surface area (Å²) in [6.45, 7) is 9.26. The van der Waals surface area contributed by atoms with Crippen LogP contribution in [-0.2, 0) is 38.2 Å². The van der Waals surface area contributed by atoms with Crippen LogP contribution in [0.1, 0.15) is 98.2 Å². The maximum Gasteiger partial charge on any atom is 0.533 e. The van der Waals surface area contributed by atoms with Crippen molar-refractivity contribution >= 4 is 29.7 Å². The topological polar surface area (TPSA) is 167 Å². The molecule has 0 spiro atoms. The number of methoxy groups -OCH3 is 2. The number of ketones is 1. The lowest BCUT2D eigenvalue weighted by atomic mass is 9.95. The number of hydrogen-bond donors (Lipinski definition) is 2. The number of hydroxylamine groups is 2. The summed E-state index contributed by atoms with van der Waals surface area (Å²) in [6.07, 6.45) is 3.86. The Bertz CT molecular complexity index is 1410. The van der Waals surface area contributed by atoms with E-state index in [0.29, 0.717) is 36.8 Å². The first-order valence-electron chi connectivity index (χ1n) is 17.5. The van der Waals surface area contributed by atoms with Gasteiger partial charge in [-0.1, -0.05) is 41.8 Å². The zero-order chi connectivity index (χ0) is 37.6. The third-order valence-electron chi connectivity index (χ3n) is 7.85. The quantitative estimate of drug-likeness (QED) is 0.117. The summed E-state index contributed by atoms with van der Waals surface area (Å²) in [4.78, 5) is 63.3. The molecule has 13 heteroatoms. The molecule has 2 N–H and O–H groups in total. The summed E-state index contributed by atoms with van der Waals surface area (Å²) in [6, 6.07) is 11.6. The molecule has 51 heavy (non-hydrogen) atoms. The molecule has 0 radical (unpaired) electrons. The van der Waals surface area contributed by atoms with Crippen LogP contribution in [0.2, 0.25) is 0 Å². The number of nitrogens with one attached hydrogen (secondary N) is 1. The second-order valence-corrected chi connectivity index (χ2v) is 12.1. The zero-order valence-corrected chi connectivity index (χ0v) is 30.6. The number of imide groups is 1. The van der Waals surface area contributed by atoms with Gasteiger partial charge in [0, 0.05) is 84.5 Å². The standard InChI is InChI=1S/C24H24N2O6.C9H18O3.C5H12O2/c1-3-10-25-23(29)15-5-7-17-16-6-4-14(2)11-18(16)20(19(17)12-15)13-31-24(30)32-26-21(27)8-9-22(26)28;1-9(11)5-4-8-12-7-3-2-6-10;1-6-4-3-5-7-2/h4-7,11-12,20H,3,8-10,13H2,1-2H3,(H,25,29);10H,2-8H2,1H3;3-5H2,1-2H3. The predicted octanol–water partition coefficient (Wildman–Crippen LogP) is 5.28. The molecule has 2 aromatic carbocycles. The number of benzene rings is 2. The smallest absolute Gasteiger partial charge is 0.432 e. The molecule has 3 amide bonds. The fourth-order valence-corrected chi connectivity index (χ4v) is 5.24. The highest BCUT2D eigenvalue weighted by Gasteiger charge is 2.35. The molecule has 0 aromatic heterocycles. The average molecular weight is 715 g/mol. The number of carbonyl (C=O) groups excluding carboxylic acids is 5. The molecule has 1 unspecified atom stereocenters. The Morgan fingerprint density at radius 1 is 0.863 bits per heavy atom. The molecule has 1 heterocycles. The Morgan fingerprint density at radius 2 is 1.49 bits per heavy atom. The molecule has 4 rings (SSSR count). The highest BCUT2D eigenvalue weighted by Crippen LogP contribution is 2.45. The van der Waals surface area contributed by atoms with Crippen LogP contribution < -0.4 is 5.32 Å². The van der Waals surface area contributed by atoms with E-state index in [2.05, 4.69) is 5.32 Å². The lowest BCUT2D eigenvalue weighted by Crippen LogP contribution is -2.32. The number of nitrogens with zero attached hydrogens (tertiary/aromatic N) is 1. The van der Waals surface area contributed by atoms with E-state index >= 15 is 0 Å².